The molecule has 0 spiro atoms. The summed E-state index contributed by atoms with van der Waals surface area (Å²) < 4.78 is 41.5. The van der Waals surface area contributed by atoms with Gasteiger partial charge < -0.3 is 14.6 Å². The molecule has 2 N–H and O–H groups in total. The third kappa shape index (κ3) is 7.91. The van der Waals surface area contributed by atoms with Crippen molar-refractivity contribution in [3.05, 3.63) is 156 Å². The molecule has 1 heterocycles. The molecule has 0 bridgehead atoms. The van der Waals surface area contributed by atoms with Gasteiger partial charge in [-0.1, -0.05) is 109 Å². The van der Waals surface area contributed by atoms with Gasteiger partial charge >= 0.3 is 0 Å². The number of hydrogen-bond donors (Lipinski definition) is 2. The van der Waals surface area contributed by atoms with Crippen molar-refractivity contribution in [2.24, 2.45) is 0 Å². The zero-order valence-electron chi connectivity index (χ0n) is 24.7. The van der Waals surface area contributed by atoms with E-state index < -0.39 is 16.3 Å². The van der Waals surface area contributed by atoms with Crippen LogP contribution in [0.1, 0.15) is 41.1 Å². The lowest BCUT2D eigenvalue weighted by atomic mass is 9.98. The number of nitrogens with one attached hydrogen (secondary N) is 1. The fraction of sp³-hybridized carbons (Fsp3) is 0.189. The minimum Gasteiger partial charge on any atom is -0.392 e. The molecule has 0 aliphatic carbocycles. The molecule has 3 unspecified atom stereocenters. The molecule has 1 saturated heterocycles. The molecule has 0 saturated carbocycles. The van der Waals surface area contributed by atoms with Gasteiger partial charge in [0.05, 0.1) is 23.7 Å². The van der Waals surface area contributed by atoms with Crippen LogP contribution in [-0.4, -0.2) is 25.4 Å². The summed E-state index contributed by atoms with van der Waals surface area (Å²) in [6, 6.07) is 42.5. The van der Waals surface area contributed by atoms with Crippen LogP contribution in [0, 0.1) is 0 Å². The summed E-state index contributed by atoms with van der Waals surface area (Å²) in [6.07, 6.45) is -0.0193. The van der Waals surface area contributed by atoms with E-state index in [9.17, 15) is 13.5 Å². The summed E-state index contributed by atoms with van der Waals surface area (Å²) in [4.78, 5) is 1.43. The van der Waals surface area contributed by atoms with Gasteiger partial charge in [0.25, 0.3) is 0 Å². The number of thioether (sulfide) groups is 1. The molecule has 0 amide bonds. The van der Waals surface area contributed by atoms with E-state index in [0.717, 1.165) is 45.6 Å². The van der Waals surface area contributed by atoms with Crippen molar-refractivity contribution in [3.63, 3.8) is 0 Å². The summed E-state index contributed by atoms with van der Waals surface area (Å²) in [7, 11) is -3.64. The number of aliphatic hydroxyl groups is 1. The highest BCUT2D eigenvalue weighted by Crippen LogP contribution is 2.40. The van der Waals surface area contributed by atoms with E-state index in [2.05, 4.69) is 16.9 Å². The molecule has 0 aromatic heterocycles. The van der Waals surface area contributed by atoms with E-state index in [-0.39, 0.29) is 30.3 Å². The van der Waals surface area contributed by atoms with Crippen molar-refractivity contribution in [1.82, 2.24) is 4.72 Å². The molecule has 5 aromatic carbocycles. The van der Waals surface area contributed by atoms with Crippen LogP contribution in [0.3, 0.4) is 0 Å². The third-order valence-electron chi connectivity index (χ3n) is 7.81. The first kappa shape index (κ1) is 31.2. The summed E-state index contributed by atoms with van der Waals surface area (Å²) in [6.45, 7) is 0.170. The van der Waals surface area contributed by atoms with Crippen LogP contribution in [0.5, 0.6) is 0 Å². The number of aliphatic hydroxyl groups excluding tert-OH is 1. The van der Waals surface area contributed by atoms with Crippen LogP contribution in [0.2, 0.25) is 0 Å². The van der Waals surface area contributed by atoms with Gasteiger partial charge in [0.1, 0.15) is 0 Å². The SMILES string of the molecule is O=S(=O)(NCc1ccccc1-c1ccc(C2OC(CSc3ccccc3)CC(c3ccc(CO)cc3)O2)cc1)c1ccccc1. The van der Waals surface area contributed by atoms with E-state index in [0.29, 0.717) is 0 Å². The lowest BCUT2D eigenvalue weighted by Gasteiger charge is -2.36. The predicted octanol–water partition coefficient (Wildman–Crippen LogP) is 7.66. The highest BCUT2D eigenvalue weighted by Gasteiger charge is 2.32. The van der Waals surface area contributed by atoms with Crippen molar-refractivity contribution in [2.75, 3.05) is 5.75 Å². The average molecular weight is 638 g/mol. The number of sulfonamides is 1. The second-order valence-corrected chi connectivity index (χ2v) is 13.8. The monoisotopic (exact) mass is 637 g/mol. The average Bonchev–Trinajstić information content (AvgIpc) is 3.11. The lowest BCUT2D eigenvalue weighted by molar-refractivity contribution is -0.245. The molecular weight excluding hydrogens is 603 g/mol. The normalized spacial score (nSPS) is 18.5. The van der Waals surface area contributed by atoms with Gasteiger partial charge in [0, 0.05) is 29.2 Å². The molecular formula is C37H35NO5S2. The van der Waals surface area contributed by atoms with E-state index in [1.54, 1.807) is 42.1 Å². The van der Waals surface area contributed by atoms with Crippen molar-refractivity contribution in [3.8, 4) is 11.1 Å². The summed E-state index contributed by atoms with van der Waals surface area (Å²) in [5.74, 6) is 0.791. The highest BCUT2D eigenvalue weighted by atomic mass is 32.2. The molecule has 6 rings (SSSR count). The van der Waals surface area contributed by atoms with E-state index in [1.807, 2.05) is 91.0 Å². The molecule has 1 aliphatic rings. The smallest absolute Gasteiger partial charge is 0.240 e. The Morgan fingerprint density at radius 1 is 0.733 bits per heavy atom. The molecule has 3 atom stereocenters. The standard InChI is InChI=1S/C37H35NO5S2/c39-25-27-15-17-29(18-16-27)36-23-32(26-44-33-10-3-1-4-11-33)42-37(43-36)30-21-19-28(20-22-30)35-14-8-7-9-31(35)24-38-45(40,41)34-12-5-2-6-13-34/h1-22,32,36-39H,23-26H2. The Morgan fingerprint density at radius 2 is 1.38 bits per heavy atom. The Hall–Kier alpha value is -3.76. The molecule has 1 aliphatic heterocycles. The number of rotatable bonds is 11. The maximum absolute atomic E-state index is 12.8. The van der Waals surface area contributed by atoms with Gasteiger partial charge in [0.15, 0.2) is 6.29 Å². The van der Waals surface area contributed by atoms with Crippen molar-refractivity contribution in [2.45, 2.75) is 47.9 Å². The Bertz CT molecular complexity index is 1780. The Labute approximate surface area is 269 Å². The molecule has 45 heavy (non-hydrogen) atoms. The van der Waals surface area contributed by atoms with Crippen LogP contribution in [0.4, 0.5) is 0 Å². The fourth-order valence-corrected chi connectivity index (χ4v) is 7.33. The second-order valence-electron chi connectivity index (χ2n) is 10.9. The number of benzene rings is 5. The second kappa shape index (κ2) is 14.6. The fourth-order valence-electron chi connectivity index (χ4n) is 5.36. The summed E-state index contributed by atoms with van der Waals surface area (Å²) in [5.41, 5.74) is 5.62. The minimum absolute atomic E-state index is 0.00224. The Kier molecular flexibility index (Phi) is 10.1. The molecule has 8 heteroatoms. The summed E-state index contributed by atoms with van der Waals surface area (Å²) in [5, 5.41) is 9.50. The quantitative estimate of drug-likeness (QED) is 0.145. The van der Waals surface area contributed by atoms with Crippen molar-refractivity contribution >= 4 is 21.8 Å². The van der Waals surface area contributed by atoms with E-state index >= 15 is 0 Å². The van der Waals surface area contributed by atoms with Gasteiger partial charge in [-0.15, -0.1) is 11.8 Å². The lowest BCUT2D eigenvalue weighted by Crippen LogP contribution is -2.31. The maximum Gasteiger partial charge on any atom is 0.240 e. The largest absolute Gasteiger partial charge is 0.392 e. The first-order valence-corrected chi connectivity index (χ1v) is 17.4. The molecule has 1 fully saturated rings. The minimum atomic E-state index is -3.64. The van der Waals surface area contributed by atoms with Crippen LogP contribution < -0.4 is 4.72 Å². The summed E-state index contributed by atoms with van der Waals surface area (Å²) >= 11 is 1.77. The predicted molar refractivity (Wildman–Crippen MR) is 178 cm³/mol. The Balaban J connectivity index is 1.20. The van der Waals surface area contributed by atoms with E-state index in [4.69, 9.17) is 9.47 Å². The zero-order valence-corrected chi connectivity index (χ0v) is 26.3. The van der Waals surface area contributed by atoms with Gasteiger partial charge in [-0.25, -0.2) is 13.1 Å². The van der Waals surface area contributed by atoms with E-state index in [1.165, 1.54) is 4.90 Å². The van der Waals surface area contributed by atoms with Crippen molar-refractivity contribution in [1.29, 1.82) is 0 Å². The van der Waals surface area contributed by atoms with Crippen molar-refractivity contribution < 1.29 is 23.0 Å². The van der Waals surface area contributed by atoms with Gasteiger partial charge in [-0.2, -0.15) is 0 Å². The zero-order chi connectivity index (χ0) is 31.1. The van der Waals surface area contributed by atoms with Crippen LogP contribution in [0.25, 0.3) is 11.1 Å². The molecule has 5 aromatic rings. The van der Waals surface area contributed by atoms with Gasteiger partial charge in [0.2, 0.25) is 10.0 Å². The number of hydrogen-bond acceptors (Lipinski definition) is 6. The van der Waals surface area contributed by atoms with Crippen LogP contribution in [-0.2, 0) is 32.6 Å². The first-order chi connectivity index (χ1) is 22.0. The number of ether oxygens (including phenoxy) is 2. The van der Waals surface area contributed by atoms with Gasteiger partial charge in [-0.05, 0) is 52.1 Å². The van der Waals surface area contributed by atoms with Gasteiger partial charge in [-0.3, -0.25) is 0 Å². The molecule has 6 nitrogen and oxygen atoms in total. The maximum atomic E-state index is 12.8. The topological polar surface area (TPSA) is 84.9 Å². The third-order valence-corrected chi connectivity index (χ3v) is 10.4. The highest BCUT2D eigenvalue weighted by molar-refractivity contribution is 7.99. The Morgan fingerprint density at radius 3 is 2.09 bits per heavy atom. The van der Waals surface area contributed by atoms with Crippen LogP contribution >= 0.6 is 11.8 Å². The molecule has 230 valence electrons. The molecule has 0 radical (unpaired) electrons. The van der Waals surface area contributed by atoms with Crippen LogP contribution in [0.15, 0.2) is 143 Å². The first-order valence-electron chi connectivity index (χ1n) is 14.9.